The van der Waals surface area contributed by atoms with E-state index in [0.29, 0.717) is 0 Å². The lowest BCUT2D eigenvalue weighted by atomic mass is 10.3. The number of hydrogen-bond acceptors (Lipinski definition) is 3. The van der Waals surface area contributed by atoms with E-state index in [0.717, 1.165) is 29.4 Å². The molecule has 0 radical (unpaired) electrons. The van der Waals surface area contributed by atoms with Crippen molar-refractivity contribution in [3.8, 4) is 0 Å². The summed E-state index contributed by atoms with van der Waals surface area (Å²) in [5.74, 6) is 0. The molecule has 0 fully saturated rings. The van der Waals surface area contributed by atoms with Crippen molar-refractivity contribution in [2.24, 2.45) is 9.98 Å². The monoisotopic (exact) mass is 147 g/mol. The predicted octanol–water partition coefficient (Wildman–Crippen LogP) is -0.357. The van der Waals surface area contributed by atoms with Crippen LogP contribution < -0.4 is 10.7 Å². The summed E-state index contributed by atoms with van der Waals surface area (Å²) in [6.45, 7) is 3.63. The summed E-state index contributed by atoms with van der Waals surface area (Å²) in [6, 6.07) is 0. The van der Waals surface area contributed by atoms with Crippen molar-refractivity contribution in [2.45, 2.75) is 6.92 Å². The van der Waals surface area contributed by atoms with E-state index in [2.05, 4.69) is 15.0 Å². The quantitative estimate of drug-likeness (QED) is 0.494. The smallest absolute Gasteiger partial charge is 0.101 e. The second-order valence-electron chi connectivity index (χ2n) is 2.59. The lowest BCUT2D eigenvalue weighted by molar-refractivity contribution is 0.849. The van der Waals surface area contributed by atoms with Crippen molar-refractivity contribution in [3.05, 3.63) is 28.7 Å². The molecule has 11 heavy (non-hydrogen) atoms. The highest BCUT2D eigenvalue weighted by Crippen LogP contribution is 1.82. The van der Waals surface area contributed by atoms with E-state index in [4.69, 9.17) is 0 Å². The van der Waals surface area contributed by atoms with Crippen molar-refractivity contribution in [1.82, 2.24) is 4.98 Å². The number of aryl methyl sites for hydroxylation is 1. The van der Waals surface area contributed by atoms with Crippen LogP contribution in [0.15, 0.2) is 22.4 Å². The first kappa shape index (κ1) is 6.46. The average molecular weight is 147 g/mol. The third kappa shape index (κ3) is 1.02. The molecule has 0 amide bonds. The second-order valence-corrected chi connectivity index (χ2v) is 2.59. The summed E-state index contributed by atoms with van der Waals surface area (Å²) < 4.78 is 0. The number of pyridine rings is 1. The van der Waals surface area contributed by atoms with Crippen LogP contribution in [-0.4, -0.2) is 18.1 Å². The van der Waals surface area contributed by atoms with Gasteiger partial charge in [0, 0.05) is 6.20 Å². The Kier molecular flexibility index (Phi) is 1.42. The molecule has 3 heteroatoms. The van der Waals surface area contributed by atoms with Gasteiger partial charge in [-0.05, 0) is 12.5 Å². The Bertz CT molecular complexity index is 381. The highest BCUT2D eigenvalue weighted by Gasteiger charge is 1.97. The van der Waals surface area contributed by atoms with Gasteiger partial charge in [0.15, 0.2) is 0 Å². The standard InChI is InChI=1S/C8H9N3/c1-6-4-9-5-7-8(6)11-3-2-10-7/h4-5H,2-3H2,1H3. The zero-order valence-corrected chi connectivity index (χ0v) is 6.41. The first-order chi connectivity index (χ1) is 5.38. The van der Waals surface area contributed by atoms with Crippen LogP contribution in [-0.2, 0) is 0 Å². The van der Waals surface area contributed by atoms with Gasteiger partial charge in [-0.15, -0.1) is 0 Å². The Hall–Kier alpha value is -1.25. The van der Waals surface area contributed by atoms with Crippen LogP contribution in [0.3, 0.4) is 0 Å². The van der Waals surface area contributed by atoms with Gasteiger partial charge < -0.3 is 0 Å². The third-order valence-corrected chi connectivity index (χ3v) is 1.73. The first-order valence-electron chi connectivity index (χ1n) is 3.67. The molecule has 0 saturated heterocycles. The van der Waals surface area contributed by atoms with E-state index in [1.807, 2.05) is 13.1 Å². The number of hydrogen-bond donors (Lipinski definition) is 0. The third-order valence-electron chi connectivity index (χ3n) is 1.73. The fraction of sp³-hybridized carbons (Fsp3) is 0.375. The van der Waals surface area contributed by atoms with Crippen molar-refractivity contribution >= 4 is 0 Å². The van der Waals surface area contributed by atoms with Gasteiger partial charge in [-0.25, -0.2) is 0 Å². The molecule has 3 nitrogen and oxygen atoms in total. The molecule has 0 unspecified atom stereocenters. The van der Waals surface area contributed by atoms with E-state index in [1.165, 1.54) is 0 Å². The Morgan fingerprint density at radius 2 is 2.00 bits per heavy atom. The van der Waals surface area contributed by atoms with E-state index in [9.17, 15) is 0 Å². The molecule has 0 N–H and O–H groups in total. The van der Waals surface area contributed by atoms with Crippen LogP contribution in [0.2, 0.25) is 0 Å². The summed E-state index contributed by atoms with van der Waals surface area (Å²) >= 11 is 0. The minimum Gasteiger partial charge on any atom is -0.281 e. The molecule has 0 saturated carbocycles. The lowest BCUT2D eigenvalue weighted by Gasteiger charge is -1.99. The zero-order valence-electron chi connectivity index (χ0n) is 6.41. The summed E-state index contributed by atoms with van der Waals surface area (Å²) in [5, 5.41) is 1.96. The Balaban J connectivity index is 2.88. The summed E-state index contributed by atoms with van der Waals surface area (Å²) in [4.78, 5) is 12.7. The molecular weight excluding hydrogens is 138 g/mol. The molecule has 0 bridgehead atoms. The summed E-state index contributed by atoms with van der Waals surface area (Å²) in [5.41, 5.74) is 1.12. The molecule has 56 valence electrons. The maximum absolute atomic E-state index is 4.36. The van der Waals surface area contributed by atoms with Gasteiger partial charge in [0.2, 0.25) is 0 Å². The Labute approximate surface area is 64.5 Å². The molecule has 0 aromatic carbocycles. The van der Waals surface area contributed by atoms with Crippen LogP contribution in [0.5, 0.6) is 0 Å². The van der Waals surface area contributed by atoms with Gasteiger partial charge in [-0.2, -0.15) is 0 Å². The molecule has 1 aromatic rings. The number of nitrogens with zero attached hydrogens (tertiary/aromatic N) is 3. The summed E-state index contributed by atoms with van der Waals surface area (Å²) in [7, 11) is 0. The highest BCUT2D eigenvalue weighted by atomic mass is 14.9. The van der Waals surface area contributed by atoms with Crippen LogP contribution in [0.1, 0.15) is 5.56 Å². The second kappa shape index (κ2) is 2.42. The van der Waals surface area contributed by atoms with Crippen molar-refractivity contribution in [3.63, 3.8) is 0 Å². The Morgan fingerprint density at radius 3 is 2.82 bits per heavy atom. The fourth-order valence-corrected chi connectivity index (χ4v) is 1.20. The minimum absolute atomic E-state index is 0.804. The largest absolute Gasteiger partial charge is 0.281 e. The van der Waals surface area contributed by atoms with Gasteiger partial charge in [0.1, 0.15) is 5.36 Å². The van der Waals surface area contributed by atoms with E-state index in [-0.39, 0.29) is 0 Å². The molecule has 2 heterocycles. The van der Waals surface area contributed by atoms with Crippen LogP contribution in [0, 0.1) is 6.92 Å². The predicted molar refractivity (Wildman–Crippen MR) is 41.0 cm³/mol. The number of aromatic nitrogens is 1. The Morgan fingerprint density at radius 1 is 1.18 bits per heavy atom. The first-order valence-corrected chi connectivity index (χ1v) is 3.67. The van der Waals surface area contributed by atoms with Gasteiger partial charge in [-0.1, -0.05) is 0 Å². The van der Waals surface area contributed by atoms with Crippen molar-refractivity contribution in [2.75, 3.05) is 13.1 Å². The topological polar surface area (TPSA) is 37.6 Å². The molecule has 1 aliphatic heterocycles. The average Bonchev–Trinajstić information content (AvgIpc) is 2.06. The SMILES string of the molecule is Cc1cncc2c1=NCCN=2. The maximum atomic E-state index is 4.36. The van der Waals surface area contributed by atoms with E-state index < -0.39 is 0 Å². The maximum Gasteiger partial charge on any atom is 0.101 e. The van der Waals surface area contributed by atoms with E-state index in [1.54, 1.807) is 6.20 Å². The van der Waals surface area contributed by atoms with Crippen molar-refractivity contribution in [1.29, 1.82) is 0 Å². The molecule has 0 aliphatic carbocycles. The highest BCUT2D eigenvalue weighted by molar-refractivity contribution is 5.06. The minimum atomic E-state index is 0.804. The summed E-state index contributed by atoms with van der Waals surface area (Å²) in [6.07, 6.45) is 3.59. The van der Waals surface area contributed by atoms with Gasteiger partial charge >= 0.3 is 0 Å². The van der Waals surface area contributed by atoms with Crippen molar-refractivity contribution < 1.29 is 0 Å². The van der Waals surface area contributed by atoms with E-state index >= 15 is 0 Å². The molecule has 1 aliphatic rings. The van der Waals surface area contributed by atoms with Gasteiger partial charge in [-0.3, -0.25) is 15.0 Å². The van der Waals surface area contributed by atoms with Crippen LogP contribution >= 0.6 is 0 Å². The lowest BCUT2D eigenvalue weighted by Crippen LogP contribution is -2.32. The zero-order chi connectivity index (χ0) is 7.68. The fourth-order valence-electron chi connectivity index (χ4n) is 1.20. The normalized spacial score (nSPS) is 14.6. The molecular formula is C8H9N3. The number of fused-ring (bicyclic) bond motifs is 1. The molecule has 0 spiro atoms. The van der Waals surface area contributed by atoms with Gasteiger partial charge in [0.25, 0.3) is 0 Å². The molecule has 2 rings (SSSR count). The van der Waals surface area contributed by atoms with Crippen LogP contribution in [0.25, 0.3) is 0 Å². The molecule has 0 atom stereocenters. The van der Waals surface area contributed by atoms with Gasteiger partial charge in [0.05, 0.1) is 24.6 Å². The number of rotatable bonds is 0. The molecule has 1 aromatic heterocycles. The van der Waals surface area contributed by atoms with Crippen LogP contribution in [0.4, 0.5) is 0 Å².